The molecular weight excluding hydrogens is 270 g/mol. The summed E-state index contributed by atoms with van der Waals surface area (Å²) in [4.78, 5) is 14.4. The fourth-order valence-electron chi connectivity index (χ4n) is 2.15. The average molecular weight is 289 g/mol. The Labute approximate surface area is 124 Å². The van der Waals surface area contributed by atoms with Crippen LogP contribution in [0.15, 0.2) is 18.2 Å². The van der Waals surface area contributed by atoms with Gasteiger partial charge in [0.15, 0.2) is 0 Å². The van der Waals surface area contributed by atoms with Crippen molar-refractivity contribution in [2.75, 3.05) is 31.2 Å². The van der Waals surface area contributed by atoms with Crippen LogP contribution in [0.4, 0.5) is 0 Å². The summed E-state index contributed by atoms with van der Waals surface area (Å²) < 4.78 is 0. The Kier molecular flexibility index (Phi) is 5.51. The highest BCUT2D eigenvalue weighted by Gasteiger charge is 2.18. The average Bonchev–Trinajstić information content (AvgIpc) is 2.47. The standard InChI is InChI=1S/C16H19NO2S/c1-13-10-14(4-2-3-7-18)12-15(11-13)16(19)17-5-8-20-9-6-17/h10-12,18H,3,5-9H2,1H3. The Hall–Kier alpha value is -1.44. The molecule has 0 atom stereocenters. The maximum atomic E-state index is 12.5. The monoisotopic (exact) mass is 289 g/mol. The van der Waals surface area contributed by atoms with E-state index in [-0.39, 0.29) is 12.5 Å². The summed E-state index contributed by atoms with van der Waals surface area (Å²) in [6.07, 6.45) is 0.459. The fourth-order valence-corrected chi connectivity index (χ4v) is 3.05. The second-order valence-corrected chi connectivity index (χ2v) is 5.99. The lowest BCUT2D eigenvalue weighted by Gasteiger charge is -2.26. The first-order valence-corrected chi connectivity index (χ1v) is 7.94. The number of carbonyl (C=O) groups excluding carboxylic acids is 1. The van der Waals surface area contributed by atoms with E-state index >= 15 is 0 Å². The summed E-state index contributed by atoms with van der Waals surface area (Å²) in [5, 5.41) is 8.75. The van der Waals surface area contributed by atoms with Crippen LogP contribution in [0, 0.1) is 18.8 Å². The predicted molar refractivity (Wildman–Crippen MR) is 83.0 cm³/mol. The van der Waals surface area contributed by atoms with Crippen molar-refractivity contribution in [3.63, 3.8) is 0 Å². The van der Waals surface area contributed by atoms with Crippen molar-refractivity contribution in [2.24, 2.45) is 0 Å². The van der Waals surface area contributed by atoms with Crippen LogP contribution in [0.1, 0.15) is 27.9 Å². The Morgan fingerprint density at radius 3 is 2.80 bits per heavy atom. The molecule has 0 aliphatic carbocycles. The molecule has 0 spiro atoms. The van der Waals surface area contributed by atoms with Gasteiger partial charge in [0.25, 0.3) is 5.91 Å². The first-order chi connectivity index (χ1) is 9.70. The number of hydrogen-bond acceptors (Lipinski definition) is 3. The van der Waals surface area contributed by atoms with Gasteiger partial charge in [-0.3, -0.25) is 4.79 Å². The minimum Gasteiger partial charge on any atom is -0.395 e. The van der Waals surface area contributed by atoms with Crippen LogP contribution in [-0.2, 0) is 0 Å². The lowest BCUT2D eigenvalue weighted by atomic mass is 10.1. The van der Waals surface area contributed by atoms with Crippen LogP contribution in [0.5, 0.6) is 0 Å². The van der Waals surface area contributed by atoms with E-state index < -0.39 is 0 Å². The van der Waals surface area contributed by atoms with E-state index in [9.17, 15) is 4.79 Å². The molecule has 0 radical (unpaired) electrons. The van der Waals surface area contributed by atoms with Gasteiger partial charge >= 0.3 is 0 Å². The number of aliphatic hydroxyl groups is 1. The molecule has 1 amide bonds. The molecule has 4 heteroatoms. The van der Waals surface area contributed by atoms with Crippen molar-refractivity contribution in [3.8, 4) is 11.8 Å². The molecule has 0 aromatic heterocycles. The van der Waals surface area contributed by atoms with E-state index in [1.165, 1.54) is 0 Å². The number of thioether (sulfide) groups is 1. The Balaban J connectivity index is 2.18. The second-order valence-electron chi connectivity index (χ2n) is 4.77. The smallest absolute Gasteiger partial charge is 0.253 e. The van der Waals surface area contributed by atoms with E-state index in [1.54, 1.807) is 0 Å². The summed E-state index contributed by atoms with van der Waals surface area (Å²) in [5.74, 6) is 8.02. The number of benzene rings is 1. The van der Waals surface area contributed by atoms with Crippen molar-refractivity contribution < 1.29 is 9.90 Å². The maximum Gasteiger partial charge on any atom is 0.253 e. The molecular formula is C16H19NO2S. The van der Waals surface area contributed by atoms with Gasteiger partial charge in [0, 0.05) is 42.1 Å². The summed E-state index contributed by atoms with van der Waals surface area (Å²) in [6.45, 7) is 3.68. The summed E-state index contributed by atoms with van der Waals surface area (Å²) in [7, 11) is 0. The topological polar surface area (TPSA) is 40.5 Å². The van der Waals surface area contributed by atoms with Crippen molar-refractivity contribution >= 4 is 17.7 Å². The quantitative estimate of drug-likeness (QED) is 0.846. The molecule has 0 saturated carbocycles. The molecule has 0 unspecified atom stereocenters. The predicted octanol–water partition coefficient (Wildman–Crippen LogP) is 1.92. The molecule has 2 rings (SSSR count). The Morgan fingerprint density at radius 2 is 2.10 bits per heavy atom. The number of aryl methyl sites for hydroxylation is 1. The zero-order valence-corrected chi connectivity index (χ0v) is 12.5. The molecule has 3 nitrogen and oxygen atoms in total. The van der Waals surface area contributed by atoms with E-state index in [4.69, 9.17) is 5.11 Å². The molecule has 106 valence electrons. The van der Waals surface area contributed by atoms with Gasteiger partial charge in [-0.15, -0.1) is 0 Å². The van der Waals surface area contributed by atoms with Crippen molar-refractivity contribution in [1.29, 1.82) is 0 Å². The zero-order valence-electron chi connectivity index (χ0n) is 11.7. The SMILES string of the molecule is Cc1cc(C#CCCO)cc(C(=O)N2CCSCC2)c1. The van der Waals surface area contributed by atoms with Crippen LogP contribution >= 0.6 is 11.8 Å². The Bertz CT molecular complexity index is 539. The third kappa shape index (κ3) is 4.03. The normalized spacial score (nSPS) is 14.6. The molecule has 1 aromatic rings. The van der Waals surface area contributed by atoms with E-state index in [0.717, 1.165) is 35.7 Å². The number of aliphatic hydroxyl groups excluding tert-OH is 1. The molecule has 1 N–H and O–H groups in total. The maximum absolute atomic E-state index is 12.5. The number of rotatable bonds is 2. The summed E-state index contributed by atoms with van der Waals surface area (Å²) in [5.41, 5.74) is 2.59. The molecule has 1 heterocycles. The van der Waals surface area contributed by atoms with Gasteiger partial charge < -0.3 is 10.0 Å². The van der Waals surface area contributed by atoms with Gasteiger partial charge in [0.2, 0.25) is 0 Å². The zero-order chi connectivity index (χ0) is 14.4. The van der Waals surface area contributed by atoms with Gasteiger partial charge in [-0.2, -0.15) is 11.8 Å². The number of nitrogens with zero attached hydrogens (tertiary/aromatic N) is 1. The van der Waals surface area contributed by atoms with Crippen LogP contribution in [0.25, 0.3) is 0 Å². The highest BCUT2D eigenvalue weighted by atomic mass is 32.2. The highest BCUT2D eigenvalue weighted by Crippen LogP contribution is 2.15. The first-order valence-electron chi connectivity index (χ1n) is 6.79. The second kappa shape index (κ2) is 7.37. The third-order valence-corrected chi connectivity index (χ3v) is 4.03. The molecule has 1 aliphatic rings. The van der Waals surface area contributed by atoms with Crippen LogP contribution in [0.2, 0.25) is 0 Å². The minimum atomic E-state index is 0.0655. The van der Waals surface area contributed by atoms with Crippen molar-refractivity contribution in [2.45, 2.75) is 13.3 Å². The number of carbonyl (C=O) groups is 1. The lowest BCUT2D eigenvalue weighted by Crippen LogP contribution is -2.37. The molecule has 1 fully saturated rings. The van der Waals surface area contributed by atoms with E-state index in [2.05, 4.69) is 11.8 Å². The molecule has 1 aromatic carbocycles. The van der Waals surface area contributed by atoms with Crippen LogP contribution in [0.3, 0.4) is 0 Å². The van der Waals surface area contributed by atoms with Gasteiger partial charge in [-0.1, -0.05) is 11.8 Å². The highest BCUT2D eigenvalue weighted by molar-refractivity contribution is 7.99. The van der Waals surface area contributed by atoms with Crippen LogP contribution in [-0.4, -0.2) is 47.1 Å². The van der Waals surface area contributed by atoms with E-state index in [0.29, 0.717) is 12.0 Å². The molecule has 1 aliphatic heterocycles. The van der Waals surface area contributed by atoms with Gasteiger partial charge in [-0.05, 0) is 30.7 Å². The lowest BCUT2D eigenvalue weighted by molar-refractivity contribution is 0.0772. The van der Waals surface area contributed by atoms with Gasteiger partial charge in [0.05, 0.1) is 6.61 Å². The number of amides is 1. The fraction of sp³-hybridized carbons (Fsp3) is 0.438. The molecule has 1 saturated heterocycles. The van der Waals surface area contributed by atoms with Crippen molar-refractivity contribution in [1.82, 2.24) is 4.90 Å². The van der Waals surface area contributed by atoms with Gasteiger partial charge in [0.1, 0.15) is 0 Å². The summed E-state index contributed by atoms with van der Waals surface area (Å²) >= 11 is 1.89. The largest absolute Gasteiger partial charge is 0.395 e. The van der Waals surface area contributed by atoms with E-state index in [1.807, 2.05) is 41.8 Å². The molecule has 0 bridgehead atoms. The third-order valence-electron chi connectivity index (χ3n) is 3.09. The first kappa shape index (κ1) is 15.0. The minimum absolute atomic E-state index is 0.0655. The number of hydrogen-bond donors (Lipinski definition) is 1. The Morgan fingerprint density at radius 1 is 1.35 bits per heavy atom. The van der Waals surface area contributed by atoms with Gasteiger partial charge in [-0.25, -0.2) is 0 Å². The summed E-state index contributed by atoms with van der Waals surface area (Å²) in [6, 6.07) is 5.73. The molecule has 20 heavy (non-hydrogen) atoms. The van der Waals surface area contributed by atoms with Crippen LogP contribution < -0.4 is 0 Å². The van der Waals surface area contributed by atoms with Crippen molar-refractivity contribution in [3.05, 3.63) is 34.9 Å².